The van der Waals surface area contributed by atoms with Gasteiger partial charge in [0.1, 0.15) is 0 Å². The molecule has 86 valence electrons. The molecule has 0 unspecified atom stereocenters. The molecule has 0 aliphatic carbocycles. The average molecular weight is 222 g/mol. The minimum atomic E-state index is -0.577. The Labute approximate surface area is 93.0 Å². The van der Waals surface area contributed by atoms with Crippen LogP contribution in [0.1, 0.15) is 10.4 Å². The fraction of sp³-hybridized carbons (Fsp3) is 0.200. The molecule has 6 nitrogen and oxygen atoms in total. The number of carbonyl (C=O) groups excluding carboxylic acids is 2. The summed E-state index contributed by atoms with van der Waals surface area (Å²) in [6.07, 6.45) is 0. The fourth-order valence-electron chi connectivity index (χ4n) is 1.39. The van der Waals surface area contributed by atoms with E-state index in [2.05, 4.69) is 0 Å². The van der Waals surface area contributed by atoms with Gasteiger partial charge in [-0.25, -0.2) is 0 Å². The van der Waals surface area contributed by atoms with Crippen LogP contribution in [0.4, 0.5) is 11.4 Å². The molecule has 2 amide bonds. The predicted octanol–water partition coefficient (Wildman–Crippen LogP) is -0.711. The Morgan fingerprint density at radius 3 is 2.44 bits per heavy atom. The number of primary amides is 2. The molecule has 0 spiro atoms. The first-order valence-corrected chi connectivity index (χ1v) is 4.60. The highest BCUT2D eigenvalue weighted by atomic mass is 16.1. The highest BCUT2D eigenvalue weighted by Gasteiger charge is 2.13. The van der Waals surface area contributed by atoms with E-state index in [1.807, 2.05) is 0 Å². The van der Waals surface area contributed by atoms with Gasteiger partial charge in [0.15, 0.2) is 0 Å². The van der Waals surface area contributed by atoms with Crippen molar-refractivity contribution >= 4 is 23.2 Å². The predicted molar refractivity (Wildman–Crippen MR) is 61.8 cm³/mol. The van der Waals surface area contributed by atoms with Crippen molar-refractivity contribution in [3.05, 3.63) is 23.8 Å². The van der Waals surface area contributed by atoms with Crippen molar-refractivity contribution < 1.29 is 9.59 Å². The Bertz CT molecular complexity index is 431. The molecule has 6 N–H and O–H groups in total. The second kappa shape index (κ2) is 4.52. The Hall–Kier alpha value is -2.24. The lowest BCUT2D eigenvalue weighted by Gasteiger charge is -2.20. The van der Waals surface area contributed by atoms with Crippen LogP contribution in [-0.4, -0.2) is 25.4 Å². The molecule has 0 atom stereocenters. The van der Waals surface area contributed by atoms with E-state index in [0.29, 0.717) is 16.9 Å². The summed E-state index contributed by atoms with van der Waals surface area (Å²) in [5.74, 6) is -1.08. The largest absolute Gasteiger partial charge is 0.399 e. The molecule has 0 aliphatic heterocycles. The molecule has 0 aromatic heterocycles. The topological polar surface area (TPSA) is 115 Å². The van der Waals surface area contributed by atoms with Crippen LogP contribution < -0.4 is 22.1 Å². The molecule has 1 rings (SSSR count). The van der Waals surface area contributed by atoms with Crippen molar-refractivity contribution in [2.75, 3.05) is 24.2 Å². The standard InChI is InChI=1S/C10H14N4O2/c1-14(5-9(12)15)8-4-6(11)2-3-7(8)10(13)16/h2-4H,5,11H2,1H3,(H2,12,15)(H2,13,16). The maximum absolute atomic E-state index is 11.2. The molecule has 0 radical (unpaired) electrons. The smallest absolute Gasteiger partial charge is 0.250 e. The van der Waals surface area contributed by atoms with Crippen molar-refractivity contribution in [2.45, 2.75) is 0 Å². The lowest BCUT2D eigenvalue weighted by atomic mass is 10.1. The molecular formula is C10H14N4O2. The number of nitrogen functional groups attached to an aromatic ring is 1. The Balaban J connectivity index is 3.13. The Morgan fingerprint density at radius 2 is 1.94 bits per heavy atom. The third-order valence-electron chi connectivity index (χ3n) is 2.09. The summed E-state index contributed by atoms with van der Waals surface area (Å²) in [6.45, 7) is -0.0102. The van der Waals surface area contributed by atoms with Gasteiger partial charge < -0.3 is 22.1 Å². The van der Waals surface area contributed by atoms with Crippen LogP contribution >= 0.6 is 0 Å². The van der Waals surface area contributed by atoms with E-state index in [0.717, 1.165) is 0 Å². The summed E-state index contributed by atoms with van der Waals surface area (Å²) in [5.41, 5.74) is 17.2. The molecule has 0 heterocycles. The SMILES string of the molecule is CN(CC(N)=O)c1cc(N)ccc1C(N)=O. The number of nitrogens with zero attached hydrogens (tertiary/aromatic N) is 1. The van der Waals surface area contributed by atoms with Gasteiger partial charge >= 0.3 is 0 Å². The zero-order valence-electron chi connectivity index (χ0n) is 8.93. The van der Waals surface area contributed by atoms with E-state index in [1.165, 1.54) is 11.0 Å². The van der Waals surface area contributed by atoms with Crippen LogP contribution in [-0.2, 0) is 4.79 Å². The van der Waals surface area contributed by atoms with Gasteiger partial charge in [-0.1, -0.05) is 0 Å². The van der Waals surface area contributed by atoms with Crippen LogP contribution in [0.3, 0.4) is 0 Å². The first kappa shape index (κ1) is 11.8. The maximum Gasteiger partial charge on any atom is 0.250 e. The monoisotopic (exact) mass is 222 g/mol. The van der Waals surface area contributed by atoms with Crippen LogP contribution in [0.2, 0.25) is 0 Å². The van der Waals surface area contributed by atoms with Gasteiger partial charge in [0.2, 0.25) is 5.91 Å². The van der Waals surface area contributed by atoms with Crippen molar-refractivity contribution in [1.29, 1.82) is 0 Å². The second-order valence-corrected chi connectivity index (χ2v) is 3.46. The van der Waals surface area contributed by atoms with Crippen LogP contribution in [0.15, 0.2) is 18.2 Å². The molecular weight excluding hydrogens is 208 g/mol. The molecule has 0 saturated carbocycles. The van der Waals surface area contributed by atoms with Crippen molar-refractivity contribution in [1.82, 2.24) is 0 Å². The quantitative estimate of drug-likeness (QED) is 0.583. The number of hydrogen-bond acceptors (Lipinski definition) is 4. The summed E-state index contributed by atoms with van der Waals surface area (Å²) in [6, 6.07) is 4.66. The number of benzene rings is 1. The van der Waals surface area contributed by atoms with E-state index in [-0.39, 0.29) is 6.54 Å². The highest BCUT2D eigenvalue weighted by Crippen LogP contribution is 2.21. The third-order valence-corrected chi connectivity index (χ3v) is 2.09. The van der Waals surface area contributed by atoms with E-state index in [1.54, 1.807) is 19.2 Å². The number of carbonyl (C=O) groups is 2. The van der Waals surface area contributed by atoms with E-state index < -0.39 is 11.8 Å². The van der Waals surface area contributed by atoms with E-state index in [4.69, 9.17) is 17.2 Å². The highest BCUT2D eigenvalue weighted by molar-refractivity contribution is 5.99. The summed E-state index contributed by atoms with van der Waals surface area (Å²) >= 11 is 0. The molecule has 1 aromatic carbocycles. The molecule has 16 heavy (non-hydrogen) atoms. The number of hydrogen-bond donors (Lipinski definition) is 3. The summed E-state index contributed by atoms with van der Waals surface area (Å²) in [7, 11) is 1.63. The average Bonchev–Trinajstić information content (AvgIpc) is 2.15. The number of rotatable bonds is 4. The van der Waals surface area contributed by atoms with Gasteiger partial charge in [0.05, 0.1) is 17.8 Å². The zero-order valence-corrected chi connectivity index (χ0v) is 8.93. The van der Waals surface area contributed by atoms with Crippen molar-refractivity contribution in [3.63, 3.8) is 0 Å². The number of anilines is 2. The number of likely N-dealkylation sites (N-methyl/N-ethyl adjacent to an activating group) is 1. The van der Waals surface area contributed by atoms with Gasteiger partial charge in [-0.15, -0.1) is 0 Å². The molecule has 0 aliphatic rings. The fourth-order valence-corrected chi connectivity index (χ4v) is 1.39. The molecule has 1 aromatic rings. The second-order valence-electron chi connectivity index (χ2n) is 3.46. The lowest BCUT2D eigenvalue weighted by Crippen LogP contribution is -2.32. The first-order valence-electron chi connectivity index (χ1n) is 4.60. The molecule has 0 saturated heterocycles. The minimum Gasteiger partial charge on any atom is -0.399 e. The summed E-state index contributed by atoms with van der Waals surface area (Å²) in [4.78, 5) is 23.5. The van der Waals surface area contributed by atoms with Gasteiger partial charge in [-0.05, 0) is 18.2 Å². The normalized spacial score (nSPS) is 9.81. The molecule has 0 fully saturated rings. The number of amides is 2. The van der Waals surface area contributed by atoms with Gasteiger partial charge in [-0.2, -0.15) is 0 Å². The van der Waals surface area contributed by atoms with Gasteiger partial charge in [0, 0.05) is 12.7 Å². The van der Waals surface area contributed by atoms with Crippen molar-refractivity contribution in [3.8, 4) is 0 Å². The van der Waals surface area contributed by atoms with E-state index >= 15 is 0 Å². The number of nitrogens with two attached hydrogens (primary N) is 3. The first-order chi connectivity index (χ1) is 7.41. The van der Waals surface area contributed by atoms with Crippen LogP contribution in [0, 0.1) is 0 Å². The van der Waals surface area contributed by atoms with Crippen molar-refractivity contribution in [2.24, 2.45) is 11.5 Å². The van der Waals surface area contributed by atoms with Gasteiger partial charge in [0.25, 0.3) is 5.91 Å². The minimum absolute atomic E-state index is 0.0102. The summed E-state index contributed by atoms with van der Waals surface area (Å²) in [5, 5.41) is 0. The van der Waals surface area contributed by atoms with Crippen LogP contribution in [0.5, 0.6) is 0 Å². The zero-order chi connectivity index (χ0) is 12.3. The molecule has 0 bridgehead atoms. The van der Waals surface area contributed by atoms with Crippen LogP contribution in [0.25, 0.3) is 0 Å². The third kappa shape index (κ3) is 2.63. The van der Waals surface area contributed by atoms with Gasteiger partial charge in [-0.3, -0.25) is 9.59 Å². The summed E-state index contributed by atoms with van der Waals surface area (Å²) < 4.78 is 0. The molecule has 6 heteroatoms. The Kier molecular flexibility index (Phi) is 3.34. The van der Waals surface area contributed by atoms with E-state index in [9.17, 15) is 9.59 Å². The maximum atomic E-state index is 11.2. The Morgan fingerprint density at radius 1 is 1.31 bits per heavy atom. The lowest BCUT2D eigenvalue weighted by molar-refractivity contribution is -0.116.